The van der Waals surface area contributed by atoms with E-state index in [1.54, 1.807) is 0 Å². The molecular formula is C23H23BrN6O. The fraction of sp³-hybridized carbons (Fsp3) is 0.435. The molecule has 0 bridgehead atoms. The molecule has 0 spiro atoms. The first kappa shape index (κ1) is 20.1. The molecule has 3 heterocycles. The van der Waals surface area contributed by atoms with Crippen LogP contribution in [0.3, 0.4) is 0 Å². The maximum atomic E-state index is 13.6. The predicted molar refractivity (Wildman–Crippen MR) is 118 cm³/mol. The number of aromatic nitrogens is 5. The molecule has 5 rings (SSSR count). The van der Waals surface area contributed by atoms with Crippen molar-refractivity contribution in [3.63, 3.8) is 0 Å². The van der Waals surface area contributed by atoms with Gasteiger partial charge in [-0.3, -0.25) is 4.79 Å². The second-order valence-corrected chi connectivity index (χ2v) is 9.15. The Morgan fingerprint density at radius 3 is 2.77 bits per heavy atom. The zero-order chi connectivity index (χ0) is 21.4. The minimum absolute atomic E-state index is 0.270. The van der Waals surface area contributed by atoms with Gasteiger partial charge >= 0.3 is 0 Å². The number of rotatable bonds is 4. The van der Waals surface area contributed by atoms with Crippen LogP contribution in [0.25, 0.3) is 5.69 Å². The first-order chi connectivity index (χ1) is 15.2. The van der Waals surface area contributed by atoms with E-state index in [-0.39, 0.29) is 5.78 Å². The van der Waals surface area contributed by atoms with Gasteiger partial charge in [-0.2, -0.15) is 10.4 Å². The third kappa shape index (κ3) is 3.61. The summed E-state index contributed by atoms with van der Waals surface area (Å²) in [4.78, 5) is 13.6. The molecule has 1 aliphatic heterocycles. The standard InChI is InChI=1S/C23H23BrN6O/c24-15-7-6-8-16(13-15)30-19-10-4-3-9-17(19)21(28-30)22(31)18(14-25)23-27-26-20-11-2-1-5-12-29(20)23/h6-8,13,18H,1-5,9-12H2. The van der Waals surface area contributed by atoms with E-state index >= 15 is 0 Å². The maximum Gasteiger partial charge on any atom is 0.208 e. The van der Waals surface area contributed by atoms with Crippen LogP contribution >= 0.6 is 15.9 Å². The SMILES string of the molecule is N#CC(C(=O)c1nn(-c2cccc(Br)c2)c2c1CCCC2)c1nnc2n1CCCCC2. The van der Waals surface area contributed by atoms with E-state index in [0.717, 1.165) is 85.2 Å². The molecule has 8 heteroatoms. The van der Waals surface area contributed by atoms with Crippen LogP contribution < -0.4 is 0 Å². The van der Waals surface area contributed by atoms with Gasteiger partial charge in [0, 0.05) is 28.7 Å². The van der Waals surface area contributed by atoms with Crippen molar-refractivity contribution in [3.8, 4) is 11.8 Å². The van der Waals surface area contributed by atoms with E-state index < -0.39 is 5.92 Å². The lowest BCUT2D eigenvalue weighted by molar-refractivity contribution is 0.0968. The molecule has 158 valence electrons. The normalized spacial score (nSPS) is 16.6. The van der Waals surface area contributed by atoms with E-state index in [9.17, 15) is 10.1 Å². The Morgan fingerprint density at radius 1 is 1.10 bits per heavy atom. The fourth-order valence-corrected chi connectivity index (χ4v) is 5.10. The Balaban J connectivity index is 1.58. The van der Waals surface area contributed by atoms with Crippen LogP contribution in [-0.2, 0) is 25.8 Å². The summed E-state index contributed by atoms with van der Waals surface area (Å²) >= 11 is 3.52. The minimum atomic E-state index is -0.990. The van der Waals surface area contributed by atoms with Crippen molar-refractivity contribution in [3.05, 3.63) is 57.3 Å². The molecule has 1 atom stereocenters. The van der Waals surface area contributed by atoms with Crippen LogP contribution in [0.4, 0.5) is 0 Å². The third-order valence-corrected chi connectivity index (χ3v) is 6.75. The lowest BCUT2D eigenvalue weighted by Gasteiger charge is -2.15. The van der Waals surface area contributed by atoms with Crippen LogP contribution in [0, 0.1) is 11.3 Å². The maximum absolute atomic E-state index is 13.6. The molecule has 2 aromatic heterocycles. The Labute approximate surface area is 189 Å². The Hall–Kier alpha value is -2.79. The number of hydrogen-bond acceptors (Lipinski definition) is 5. The summed E-state index contributed by atoms with van der Waals surface area (Å²) in [5, 5.41) is 23.3. The van der Waals surface area contributed by atoms with Gasteiger partial charge in [-0.05, 0) is 56.7 Å². The molecule has 1 aromatic carbocycles. The summed E-state index contributed by atoms with van der Waals surface area (Å²) in [6.45, 7) is 0.758. The fourth-order valence-electron chi connectivity index (χ4n) is 4.71. The number of nitriles is 1. The monoisotopic (exact) mass is 478 g/mol. The predicted octanol–water partition coefficient (Wildman–Crippen LogP) is 4.32. The molecular weight excluding hydrogens is 456 g/mol. The summed E-state index contributed by atoms with van der Waals surface area (Å²) in [6.07, 6.45) is 7.81. The Bertz CT molecular complexity index is 1190. The van der Waals surface area contributed by atoms with Crippen LogP contribution in [-0.4, -0.2) is 30.3 Å². The molecule has 0 radical (unpaired) electrons. The third-order valence-electron chi connectivity index (χ3n) is 6.25. The van der Waals surface area contributed by atoms with Gasteiger partial charge in [0.15, 0.2) is 11.7 Å². The van der Waals surface area contributed by atoms with E-state index in [4.69, 9.17) is 5.10 Å². The molecule has 0 N–H and O–H groups in total. The molecule has 3 aromatic rings. The summed E-state index contributed by atoms with van der Waals surface area (Å²) in [6, 6.07) is 10.1. The number of nitrogens with zero attached hydrogens (tertiary/aromatic N) is 6. The molecule has 0 saturated heterocycles. The highest BCUT2D eigenvalue weighted by Crippen LogP contribution is 2.31. The van der Waals surface area contributed by atoms with Gasteiger partial charge in [0.1, 0.15) is 11.5 Å². The van der Waals surface area contributed by atoms with Crippen molar-refractivity contribution in [2.45, 2.75) is 63.8 Å². The average molecular weight is 479 g/mol. The van der Waals surface area contributed by atoms with Crippen LogP contribution in [0.2, 0.25) is 0 Å². The van der Waals surface area contributed by atoms with E-state index in [1.165, 1.54) is 0 Å². The summed E-state index contributed by atoms with van der Waals surface area (Å²) in [7, 11) is 0. The van der Waals surface area contributed by atoms with Crippen molar-refractivity contribution in [1.82, 2.24) is 24.5 Å². The number of hydrogen-bond donors (Lipinski definition) is 0. The Kier molecular flexibility index (Phi) is 5.45. The second-order valence-electron chi connectivity index (χ2n) is 8.24. The highest BCUT2D eigenvalue weighted by molar-refractivity contribution is 9.10. The number of Topliss-reactive ketones (excluding diaryl/α,β-unsaturated/α-hetero) is 1. The number of fused-ring (bicyclic) bond motifs is 2. The lowest BCUT2D eigenvalue weighted by Crippen LogP contribution is -2.19. The van der Waals surface area contributed by atoms with Gasteiger partial charge in [0.2, 0.25) is 5.78 Å². The molecule has 31 heavy (non-hydrogen) atoms. The van der Waals surface area contributed by atoms with E-state index in [0.29, 0.717) is 11.5 Å². The van der Waals surface area contributed by atoms with Crippen molar-refractivity contribution in [2.24, 2.45) is 0 Å². The van der Waals surface area contributed by atoms with Crippen molar-refractivity contribution in [1.29, 1.82) is 5.26 Å². The number of halogens is 1. The quantitative estimate of drug-likeness (QED) is 0.520. The van der Waals surface area contributed by atoms with E-state index in [2.05, 4.69) is 32.2 Å². The first-order valence-electron chi connectivity index (χ1n) is 10.9. The number of carbonyl (C=O) groups is 1. The Morgan fingerprint density at radius 2 is 1.94 bits per heavy atom. The van der Waals surface area contributed by atoms with Crippen LogP contribution in [0.1, 0.15) is 71.4 Å². The summed E-state index contributed by atoms with van der Waals surface area (Å²) in [5.74, 6) is 0.0817. The van der Waals surface area contributed by atoms with Gasteiger partial charge in [-0.15, -0.1) is 10.2 Å². The van der Waals surface area contributed by atoms with E-state index in [1.807, 2.05) is 33.5 Å². The number of benzene rings is 1. The number of carbonyl (C=O) groups excluding carboxylic acids is 1. The first-order valence-corrected chi connectivity index (χ1v) is 11.7. The number of aryl methyl sites for hydroxylation is 1. The van der Waals surface area contributed by atoms with Crippen molar-refractivity contribution in [2.75, 3.05) is 0 Å². The molecule has 7 nitrogen and oxygen atoms in total. The van der Waals surface area contributed by atoms with Gasteiger partial charge in [-0.1, -0.05) is 28.4 Å². The molecule has 1 aliphatic carbocycles. The molecule has 0 saturated carbocycles. The second kappa shape index (κ2) is 8.39. The zero-order valence-electron chi connectivity index (χ0n) is 17.2. The molecule has 1 unspecified atom stereocenters. The van der Waals surface area contributed by atoms with Crippen LogP contribution in [0.5, 0.6) is 0 Å². The smallest absolute Gasteiger partial charge is 0.208 e. The summed E-state index contributed by atoms with van der Waals surface area (Å²) in [5.41, 5.74) is 3.38. The number of ketones is 1. The summed E-state index contributed by atoms with van der Waals surface area (Å²) < 4.78 is 4.82. The van der Waals surface area contributed by atoms with Crippen LogP contribution in [0.15, 0.2) is 28.7 Å². The molecule has 2 aliphatic rings. The minimum Gasteiger partial charge on any atom is -0.313 e. The van der Waals surface area contributed by atoms with Gasteiger partial charge in [-0.25, -0.2) is 4.68 Å². The topological polar surface area (TPSA) is 89.4 Å². The highest BCUT2D eigenvalue weighted by Gasteiger charge is 2.34. The van der Waals surface area contributed by atoms with Gasteiger partial charge in [0.05, 0.1) is 11.8 Å². The molecule has 0 fully saturated rings. The van der Waals surface area contributed by atoms with Crippen molar-refractivity contribution < 1.29 is 4.79 Å². The van der Waals surface area contributed by atoms with Gasteiger partial charge in [0.25, 0.3) is 0 Å². The van der Waals surface area contributed by atoms with Crippen molar-refractivity contribution >= 4 is 21.7 Å². The highest BCUT2D eigenvalue weighted by atomic mass is 79.9. The van der Waals surface area contributed by atoms with Gasteiger partial charge < -0.3 is 4.57 Å². The largest absolute Gasteiger partial charge is 0.313 e. The lowest BCUT2D eigenvalue weighted by atomic mass is 9.91. The average Bonchev–Trinajstić information content (AvgIpc) is 3.28. The molecule has 0 amide bonds. The zero-order valence-corrected chi connectivity index (χ0v) is 18.8.